The molecule has 1 aliphatic rings. The smallest absolute Gasteiger partial charge is 0.276 e. The number of hydrogen-bond donors (Lipinski definition) is 2. The summed E-state index contributed by atoms with van der Waals surface area (Å²) in [6, 6.07) is 5.47. The van der Waals surface area contributed by atoms with E-state index in [1.807, 2.05) is 6.07 Å². The predicted octanol–water partition coefficient (Wildman–Crippen LogP) is 2.28. The van der Waals surface area contributed by atoms with Crippen molar-refractivity contribution in [1.29, 1.82) is 5.26 Å². The van der Waals surface area contributed by atoms with Gasteiger partial charge >= 0.3 is 0 Å². The highest BCUT2D eigenvalue weighted by atomic mass is 32.2. The molecule has 0 unspecified atom stereocenters. The molecule has 0 saturated carbocycles. The van der Waals surface area contributed by atoms with Crippen molar-refractivity contribution in [3.8, 4) is 11.8 Å². The summed E-state index contributed by atoms with van der Waals surface area (Å²) < 4.78 is 58.9. The first-order valence-corrected chi connectivity index (χ1v) is 9.80. The van der Waals surface area contributed by atoms with Crippen LogP contribution < -0.4 is 14.8 Å². The lowest BCUT2D eigenvalue weighted by Gasteiger charge is -2.12. The maximum atomic E-state index is 12.8. The number of fused-ring (bicyclic) bond motifs is 1. The van der Waals surface area contributed by atoms with Crippen molar-refractivity contribution in [2.75, 3.05) is 11.9 Å². The van der Waals surface area contributed by atoms with Gasteiger partial charge in [-0.1, -0.05) is 6.07 Å². The van der Waals surface area contributed by atoms with Gasteiger partial charge in [0.1, 0.15) is 11.5 Å². The Morgan fingerprint density at radius 2 is 2.17 bits per heavy atom. The topological polar surface area (TPSA) is 113 Å². The lowest BCUT2D eigenvalue weighted by Crippen LogP contribution is -2.35. The van der Waals surface area contributed by atoms with E-state index >= 15 is 0 Å². The van der Waals surface area contributed by atoms with Gasteiger partial charge in [-0.15, -0.1) is 0 Å². The van der Waals surface area contributed by atoms with Gasteiger partial charge in [-0.25, -0.2) is 13.1 Å². The Kier molecular flexibility index (Phi) is 5.41. The Labute approximate surface area is 165 Å². The number of aromatic nitrogens is 1. The van der Waals surface area contributed by atoms with Gasteiger partial charge < -0.3 is 14.6 Å². The zero-order valence-electron chi connectivity index (χ0n) is 15.4. The molecule has 2 heterocycles. The van der Waals surface area contributed by atoms with Crippen LogP contribution in [0.3, 0.4) is 0 Å². The van der Waals surface area contributed by atoms with Crippen molar-refractivity contribution in [3.63, 3.8) is 0 Å². The molecular formula is C18H16F2N4O4S. The molecule has 2 aromatic rings. The van der Waals surface area contributed by atoms with Crippen molar-refractivity contribution in [3.05, 3.63) is 53.4 Å². The van der Waals surface area contributed by atoms with Crippen molar-refractivity contribution >= 4 is 21.6 Å². The normalized spacial score (nSPS) is 17.3. The monoisotopic (exact) mass is 422 g/mol. The molecular weight excluding hydrogens is 406 g/mol. The molecule has 152 valence electrons. The number of benzene rings is 1. The van der Waals surface area contributed by atoms with Crippen LogP contribution in [0.25, 0.3) is 0 Å². The van der Waals surface area contributed by atoms with Crippen molar-refractivity contribution < 1.29 is 26.7 Å². The second kappa shape index (κ2) is 7.65. The minimum atomic E-state index is -4.19. The first-order chi connectivity index (χ1) is 13.6. The van der Waals surface area contributed by atoms with Crippen LogP contribution in [0.15, 0.2) is 41.4 Å². The molecule has 29 heavy (non-hydrogen) atoms. The highest BCUT2D eigenvalue weighted by molar-refractivity contribution is 7.89. The van der Waals surface area contributed by atoms with Crippen LogP contribution in [-0.2, 0) is 17.1 Å². The third kappa shape index (κ3) is 4.13. The van der Waals surface area contributed by atoms with Crippen LogP contribution in [0.1, 0.15) is 21.6 Å². The molecule has 0 spiro atoms. The molecule has 11 heteroatoms. The summed E-state index contributed by atoms with van der Waals surface area (Å²) in [6.07, 6.45) is -0.460. The SMILES string of the molecule is Cc1ccc(NC(=O)c2c3c(cn2C)S(=O)(=O)N[C@@H](C=C(F)F)CO3)cc1C#N. The minimum Gasteiger partial charge on any atom is -0.488 e. The average Bonchev–Trinajstić information content (AvgIpc) is 2.92. The van der Waals surface area contributed by atoms with Gasteiger partial charge in [0.15, 0.2) is 11.4 Å². The van der Waals surface area contributed by atoms with E-state index in [1.165, 1.54) is 23.9 Å². The number of ether oxygens (including phenoxy) is 1. The molecule has 0 saturated heterocycles. The molecule has 1 aromatic carbocycles. The summed E-state index contributed by atoms with van der Waals surface area (Å²) in [5, 5.41) is 11.7. The van der Waals surface area contributed by atoms with Gasteiger partial charge in [0.25, 0.3) is 12.0 Å². The van der Waals surface area contributed by atoms with E-state index < -0.39 is 34.7 Å². The summed E-state index contributed by atoms with van der Waals surface area (Å²) in [4.78, 5) is 12.5. The Bertz CT molecular complexity index is 1160. The standard InChI is InChI=1S/C18H16F2N4O4S/c1-10-3-4-12(5-11(10)7-21)22-18(25)16-17-14(8-24(16)2)29(26,27)23-13(9-28-17)6-15(19)20/h3-6,8,13,23H,9H2,1-2H3,(H,22,25)/t13-/m0/s1. The van der Waals surface area contributed by atoms with E-state index in [0.717, 1.165) is 5.56 Å². The number of anilines is 1. The number of rotatable bonds is 3. The summed E-state index contributed by atoms with van der Waals surface area (Å²) in [7, 11) is -2.74. The summed E-state index contributed by atoms with van der Waals surface area (Å²) in [5.41, 5.74) is 1.34. The van der Waals surface area contributed by atoms with Crippen LogP contribution in [-0.4, -0.2) is 31.5 Å². The van der Waals surface area contributed by atoms with Crippen LogP contribution in [0, 0.1) is 18.3 Å². The highest BCUT2D eigenvalue weighted by Gasteiger charge is 2.34. The maximum absolute atomic E-state index is 12.8. The van der Waals surface area contributed by atoms with Gasteiger partial charge in [-0.05, 0) is 24.6 Å². The fourth-order valence-corrected chi connectivity index (χ4v) is 4.24. The molecule has 0 fully saturated rings. The Morgan fingerprint density at radius 3 is 2.83 bits per heavy atom. The Hall–Kier alpha value is -3.23. The number of carbonyl (C=O) groups excluding carboxylic acids is 1. The highest BCUT2D eigenvalue weighted by Crippen LogP contribution is 2.33. The third-order valence-corrected chi connectivity index (χ3v) is 5.75. The Balaban J connectivity index is 1.97. The van der Waals surface area contributed by atoms with Crippen molar-refractivity contribution in [1.82, 2.24) is 9.29 Å². The van der Waals surface area contributed by atoms with Crippen molar-refractivity contribution in [2.24, 2.45) is 7.05 Å². The van der Waals surface area contributed by atoms with E-state index in [-0.39, 0.29) is 16.3 Å². The van der Waals surface area contributed by atoms with Gasteiger partial charge in [0.05, 0.1) is 17.7 Å². The van der Waals surface area contributed by atoms with Crippen LogP contribution in [0.5, 0.6) is 5.75 Å². The molecule has 1 atom stereocenters. The maximum Gasteiger partial charge on any atom is 0.276 e. The van der Waals surface area contributed by atoms with Gasteiger partial charge in [-0.2, -0.15) is 14.0 Å². The van der Waals surface area contributed by atoms with Crippen molar-refractivity contribution in [2.45, 2.75) is 17.9 Å². The van der Waals surface area contributed by atoms with Gasteiger partial charge in [0.2, 0.25) is 10.0 Å². The summed E-state index contributed by atoms with van der Waals surface area (Å²) in [5.74, 6) is -0.914. The number of hydrogen-bond acceptors (Lipinski definition) is 5. The fraction of sp³-hybridized carbons (Fsp3) is 0.222. The number of aryl methyl sites for hydroxylation is 2. The average molecular weight is 422 g/mol. The number of nitrogens with zero attached hydrogens (tertiary/aromatic N) is 2. The van der Waals surface area contributed by atoms with Gasteiger partial charge in [0, 0.05) is 25.0 Å². The summed E-state index contributed by atoms with van der Waals surface area (Å²) in [6.45, 7) is 1.33. The first-order valence-electron chi connectivity index (χ1n) is 8.31. The molecule has 3 rings (SSSR count). The van der Waals surface area contributed by atoms with Crippen LogP contribution in [0.2, 0.25) is 0 Å². The molecule has 8 nitrogen and oxygen atoms in total. The third-order valence-electron chi connectivity index (χ3n) is 4.26. The lowest BCUT2D eigenvalue weighted by atomic mass is 10.1. The molecule has 0 aliphatic carbocycles. The fourth-order valence-electron chi connectivity index (χ4n) is 2.88. The largest absolute Gasteiger partial charge is 0.488 e. The van der Waals surface area contributed by atoms with E-state index in [1.54, 1.807) is 19.1 Å². The molecule has 0 radical (unpaired) electrons. The van der Waals surface area contributed by atoms with Crippen LogP contribution >= 0.6 is 0 Å². The van der Waals surface area contributed by atoms with Crippen LogP contribution in [0.4, 0.5) is 14.5 Å². The van der Waals surface area contributed by atoms with E-state index in [9.17, 15) is 22.0 Å². The lowest BCUT2D eigenvalue weighted by molar-refractivity contribution is 0.101. The molecule has 1 aliphatic heterocycles. The number of amides is 1. The molecule has 2 N–H and O–H groups in total. The minimum absolute atomic E-state index is 0.102. The Morgan fingerprint density at radius 1 is 1.45 bits per heavy atom. The number of carbonyl (C=O) groups is 1. The van der Waals surface area contributed by atoms with E-state index in [4.69, 9.17) is 10.00 Å². The number of nitriles is 1. The van der Waals surface area contributed by atoms with E-state index in [0.29, 0.717) is 17.3 Å². The zero-order chi connectivity index (χ0) is 21.3. The second-order valence-corrected chi connectivity index (χ2v) is 8.06. The quantitative estimate of drug-likeness (QED) is 0.788. The molecule has 0 bridgehead atoms. The first kappa shape index (κ1) is 20.5. The number of sulfonamides is 1. The molecule has 1 amide bonds. The number of halogens is 2. The zero-order valence-corrected chi connectivity index (χ0v) is 16.2. The number of nitrogens with one attached hydrogen (secondary N) is 2. The van der Waals surface area contributed by atoms with Gasteiger partial charge in [-0.3, -0.25) is 4.79 Å². The van der Waals surface area contributed by atoms with E-state index in [2.05, 4.69) is 10.0 Å². The summed E-state index contributed by atoms with van der Waals surface area (Å²) >= 11 is 0. The molecule has 1 aromatic heterocycles. The predicted molar refractivity (Wildman–Crippen MR) is 99.2 cm³/mol. The second-order valence-electron chi connectivity index (χ2n) is 6.37.